The van der Waals surface area contributed by atoms with Gasteiger partial charge in [0.2, 0.25) is 11.8 Å². The number of H-pyrrole nitrogens is 1. The number of piperazine rings is 1. The molecule has 1 aliphatic carbocycles. The molecule has 5 fully saturated rings. The van der Waals surface area contributed by atoms with Crippen molar-refractivity contribution in [2.75, 3.05) is 75.2 Å². The fourth-order valence-corrected chi connectivity index (χ4v) is 9.94. The Kier molecular flexibility index (Phi) is 10.2. The number of imide groups is 1. The topological polar surface area (TPSA) is 143 Å². The van der Waals surface area contributed by atoms with Gasteiger partial charge in [-0.05, 0) is 88.0 Å². The van der Waals surface area contributed by atoms with Crippen LogP contribution in [0.15, 0.2) is 36.7 Å². The minimum absolute atomic E-state index is 0.0438. The van der Waals surface area contributed by atoms with Crippen LogP contribution in [0.1, 0.15) is 74.2 Å². The Bertz CT molecular complexity index is 2310. The Labute approximate surface area is 347 Å². The molecule has 1 saturated carbocycles. The van der Waals surface area contributed by atoms with Crippen LogP contribution in [0.4, 0.5) is 20.3 Å². The fraction of sp³-hybridized carbons (Fsp3) is 0.545. The molecule has 3 amide bonds. The van der Waals surface area contributed by atoms with E-state index in [0.717, 1.165) is 131 Å². The molecule has 0 radical (unpaired) electrons. The SMILES string of the molecule is CC1(Oc2ccc3[nH]nc(-c4cc(N5CCC(CN6CCN(CC7CCN(c8c(F)cc9c(c8F)CN(C8CCC(=O)NC8=O)C9=O)CC7)CC6)CC5)ncn4)c3c2)CC1. The number of benzene rings is 2. The molecule has 1 unspecified atom stereocenters. The number of hydrogen-bond acceptors (Lipinski definition) is 11. The number of halogens is 2. The first-order valence-electron chi connectivity index (χ1n) is 21.7. The van der Waals surface area contributed by atoms with Crippen molar-refractivity contribution in [2.45, 2.75) is 76.5 Å². The second kappa shape index (κ2) is 15.7. The number of aromatic nitrogens is 4. The number of ether oxygens (including phenoxy) is 1. The molecule has 60 heavy (non-hydrogen) atoms. The minimum Gasteiger partial charge on any atom is -0.488 e. The Hall–Kier alpha value is -5.22. The van der Waals surface area contributed by atoms with Gasteiger partial charge in [-0.3, -0.25) is 24.8 Å². The van der Waals surface area contributed by atoms with Gasteiger partial charge in [-0.2, -0.15) is 5.10 Å². The van der Waals surface area contributed by atoms with Crippen LogP contribution in [0.3, 0.4) is 0 Å². The number of anilines is 2. The third kappa shape index (κ3) is 7.68. The molecule has 14 nitrogen and oxygen atoms in total. The van der Waals surface area contributed by atoms with Crippen LogP contribution in [-0.2, 0) is 16.1 Å². The smallest absolute Gasteiger partial charge is 0.255 e. The maximum absolute atomic E-state index is 16.0. The fourth-order valence-electron chi connectivity index (χ4n) is 9.94. The first-order valence-corrected chi connectivity index (χ1v) is 21.7. The molecule has 0 bridgehead atoms. The third-order valence-electron chi connectivity index (χ3n) is 13.8. The Morgan fingerprint density at radius 2 is 1.52 bits per heavy atom. The molecule has 2 aromatic heterocycles. The normalized spacial score (nSPS) is 23.1. The molecule has 4 aromatic rings. The average Bonchev–Trinajstić information content (AvgIpc) is 3.67. The number of amides is 3. The Morgan fingerprint density at radius 3 is 2.18 bits per heavy atom. The molecular formula is C44H52F2N10O4. The predicted molar refractivity (Wildman–Crippen MR) is 221 cm³/mol. The molecule has 2 aromatic carbocycles. The van der Waals surface area contributed by atoms with E-state index in [1.54, 1.807) is 11.2 Å². The summed E-state index contributed by atoms with van der Waals surface area (Å²) in [7, 11) is 0. The maximum atomic E-state index is 16.0. The highest BCUT2D eigenvalue weighted by molar-refractivity contribution is 6.05. The van der Waals surface area contributed by atoms with Crippen molar-refractivity contribution in [1.82, 2.24) is 40.2 Å². The lowest BCUT2D eigenvalue weighted by atomic mass is 9.94. The number of carbonyl (C=O) groups is 3. The predicted octanol–water partition coefficient (Wildman–Crippen LogP) is 4.74. The van der Waals surface area contributed by atoms with Crippen molar-refractivity contribution in [3.8, 4) is 17.1 Å². The van der Waals surface area contributed by atoms with E-state index in [9.17, 15) is 14.4 Å². The van der Waals surface area contributed by atoms with Crippen LogP contribution in [0.5, 0.6) is 5.75 Å². The van der Waals surface area contributed by atoms with Gasteiger partial charge in [0.05, 0.1) is 23.3 Å². The average molecular weight is 823 g/mol. The second-order valence-electron chi connectivity index (χ2n) is 18.0. The Morgan fingerprint density at radius 1 is 0.833 bits per heavy atom. The van der Waals surface area contributed by atoms with E-state index in [0.29, 0.717) is 24.9 Å². The highest BCUT2D eigenvalue weighted by Crippen LogP contribution is 2.41. The van der Waals surface area contributed by atoms with E-state index in [-0.39, 0.29) is 41.8 Å². The summed E-state index contributed by atoms with van der Waals surface area (Å²) >= 11 is 0. The van der Waals surface area contributed by atoms with Crippen molar-refractivity contribution >= 4 is 40.1 Å². The van der Waals surface area contributed by atoms with Crippen molar-refractivity contribution in [3.05, 3.63) is 59.4 Å². The van der Waals surface area contributed by atoms with Crippen LogP contribution >= 0.6 is 0 Å². The van der Waals surface area contributed by atoms with Crippen LogP contribution in [0, 0.1) is 23.5 Å². The zero-order valence-electron chi connectivity index (χ0n) is 34.1. The number of rotatable bonds is 10. The summed E-state index contributed by atoms with van der Waals surface area (Å²) in [6.45, 7) is 11.2. The quantitative estimate of drug-likeness (QED) is 0.214. The number of piperidine rings is 3. The van der Waals surface area contributed by atoms with Gasteiger partial charge in [-0.1, -0.05) is 0 Å². The largest absolute Gasteiger partial charge is 0.488 e. The Balaban J connectivity index is 0.675. The number of nitrogens with one attached hydrogen (secondary N) is 2. The highest BCUT2D eigenvalue weighted by atomic mass is 19.1. The van der Waals surface area contributed by atoms with Crippen LogP contribution in [0.25, 0.3) is 22.3 Å². The summed E-state index contributed by atoms with van der Waals surface area (Å²) in [4.78, 5) is 57.0. The molecule has 10 rings (SSSR count). The summed E-state index contributed by atoms with van der Waals surface area (Å²) < 4.78 is 37.7. The standard InChI is InChI=1S/C44H52F2N10O4/c1-44(10-11-44)60-29-2-3-34-31(20-29)40(51-50-34)35-22-37(48-26-47-35)54-12-6-27(7-13-54)23-52-16-18-53(19-17-52)24-28-8-14-55(15-9-28)41-33(45)21-30-32(39(41)46)25-56(43(30)59)36-4-5-38(57)49-42(36)58/h2-3,20-22,26-28,36H,4-19,23-25H2,1H3,(H,50,51)(H,49,57,58). The summed E-state index contributed by atoms with van der Waals surface area (Å²) in [6.07, 6.45) is 7.96. The first kappa shape index (κ1) is 38.9. The zero-order chi connectivity index (χ0) is 41.1. The molecule has 2 N–H and O–H groups in total. The van der Waals surface area contributed by atoms with Crippen LogP contribution < -0.4 is 19.9 Å². The van der Waals surface area contributed by atoms with E-state index in [4.69, 9.17) is 4.74 Å². The molecule has 16 heteroatoms. The molecule has 5 aliphatic heterocycles. The van der Waals surface area contributed by atoms with Crippen molar-refractivity contribution in [2.24, 2.45) is 11.8 Å². The molecule has 7 heterocycles. The summed E-state index contributed by atoms with van der Waals surface area (Å²) in [5.41, 5.74) is 2.50. The van der Waals surface area contributed by atoms with Gasteiger partial charge in [-0.25, -0.2) is 18.7 Å². The van der Waals surface area contributed by atoms with Gasteiger partial charge >= 0.3 is 0 Å². The van der Waals surface area contributed by atoms with Gasteiger partial charge in [0.15, 0.2) is 5.82 Å². The van der Waals surface area contributed by atoms with Crippen molar-refractivity contribution in [1.29, 1.82) is 0 Å². The highest BCUT2D eigenvalue weighted by Gasteiger charge is 2.42. The lowest BCUT2D eigenvalue weighted by Gasteiger charge is -2.41. The van der Waals surface area contributed by atoms with Gasteiger partial charge < -0.3 is 29.2 Å². The summed E-state index contributed by atoms with van der Waals surface area (Å²) in [5, 5.41) is 11.0. The molecular weight excluding hydrogens is 771 g/mol. The van der Waals surface area contributed by atoms with Gasteiger partial charge in [0.25, 0.3) is 5.91 Å². The molecule has 6 aliphatic rings. The first-order chi connectivity index (χ1) is 29.1. The van der Waals surface area contributed by atoms with Crippen molar-refractivity contribution < 1.29 is 27.9 Å². The number of carbonyl (C=O) groups excluding carboxylic acids is 3. The maximum Gasteiger partial charge on any atom is 0.255 e. The number of fused-ring (bicyclic) bond motifs is 2. The molecule has 1 atom stereocenters. The van der Waals surface area contributed by atoms with E-state index >= 15 is 8.78 Å². The number of hydrogen-bond donors (Lipinski definition) is 2. The van der Waals surface area contributed by atoms with Gasteiger partial charge in [0.1, 0.15) is 46.7 Å². The van der Waals surface area contributed by atoms with E-state index in [1.807, 2.05) is 12.1 Å². The molecule has 0 spiro atoms. The lowest BCUT2D eigenvalue weighted by molar-refractivity contribution is -0.136. The van der Waals surface area contributed by atoms with Crippen molar-refractivity contribution in [3.63, 3.8) is 0 Å². The zero-order valence-corrected chi connectivity index (χ0v) is 34.1. The summed E-state index contributed by atoms with van der Waals surface area (Å²) in [5.74, 6) is -0.156. The molecule has 4 saturated heterocycles. The third-order valence-corrected chi connectivity index (χ3v) is 13.8. The van der Waals surface area contributed by atoms with E-state index in [1.165, 1.54) is 4.90 Å². The molecule has 316 valence electrons. The monoisotopic (exact) mass is 822 g/mol. The second-order valence-corrected chi connectivity index (χ2v) is 18.0. The number of nitrogens with zero attached hydrogens (tertiary/aromatic N) is 8. The van der Waals surface area contributed by atoms with Crippen LogP contribution in [0.2, 0.25) is 0 Å². The lowest BCUT2D eigenvalue weighted by Crippen LogP contribution is -2.52. The van der Waals surface area contributed by atoms with Gasteiger partial charge in [0, 0.05) is 88.9 Å². The summed E-state index contributed by atoms with van der Waals surface area (Å²) in [6, 6.07) is 8.38. The van der Waals surface area contributed by atoms with Gasteiger partial charge in [-0.15, -0.1) is 0 Å². The minimum atomic E-state index is -0.878. The number of aromatic amines is 1. The van der Waals surface area contributed by atoms with Crippen LogP contribution in [-0.4, -0.2) is 130 Å². The van der Waals surface area contributed by atoms with E-state index in [2.05, 4.69) is 59.2 Å². The van der Waals surface area contributed by atoms with E-state index < -0.39 is 35.4 Å².